The maximum atomic E-state index is 3.87. The van der Waals surface area contributed by atoms with E-state index in [0.717, 1.165) is 0 Å². The van der Waals surface area contributed by atoms with Crippen LogP contribution in [0.15, 0.2) is 12.7 Å². The molecule has 1 aliphatic rings. The molecule has 0 atom stereocenters. The average molecular weight is 225 g/mol. The van der Waals surface area contributed by atoms with Gasteiger partial charge in [0.2, 0.25) is 0 Å². The molecule has 0 spiro atoms. The number of rotatable bonds is 6. The summed E-state index contributed by atoms with van der Waals surface area (Å²) < 4.78 is 0. The Labute approximate surface area is 96.6 Å². The van der Waals surface area contributed by atoms with Crippen molar-refractivity contribution in [2.45, 2.75) is 50.9 Å². The molecule has 0 N–H and O–H groups in total. The van der Waals surface area contributed by atoms with Crippen LogP contribution in [-0.4, -0.2) is 32.6 Å². The van der Waals surface area contributed by atoms with E-state index in [1.54, 1.807) is 0 Å². The lowest BCUT2D eigenvalue weighted by Crippen LogP contribution is -2.32. The molecule has 0 aromatic carbocycles. The van der Waals surface area contributed by atoms with Crippen LogP contribution in [0.1, 0.15) is 25.7 Å². The van der Waals surface area contributed by atoms with Crippen LogP contribution in [0, 0.1) is 0 Å². The zero-order valence-corrected chi connectivity index (χ0v) is 11.6. The van der Waals surface area contributed by atoms with E-state index in [1.807, 2.05) is 0 Å². The van der Waals surface area contributed by atoms with E-state index in [-0.39, 0.29) is 0 Å². The lowest BCUT2D eigenvalue weighted by atomic mass is 10.1. The molecule has 0 unspecified atom stereocenters. The van der Waals surface area contributed by atoms with E-state index >= 15 is 0 Å². The van der Waals surface area contributed by atoms with Crippen molar-refractivity contribution in [2.75, 3.05) is 19.6 Å². The molecule has 1 rings (SSSR count). The number of likely N-dealkylation sites (tertiary alicyclic amines) is 1. The summed E-state index contributed by atoms with van der Waals surface area (Å²) in [5, 5.41) is 0. The van der Waals surface area contributed by atoms with Crippen molar-refractivity contribution in [2.24, 2.45) is 0 Å². The van der Waals surface area contributed by atoms with E-state index in [4.69, 9.17) is 0 Å². The predicted molar refractivity (Wildman–Crippen MR) is 72.2 cm³/mol. The van der Waals surface area contributed by atoms with Crippen LogP contribution >= 0.6 is 0 Å². The Morgan fingerprint density at radius 3 is 2.47 bits per heavy atom. The van der Waals surface area contributed by atoms with Gasteiger partial charge in [0.05, 0.1) is 8.07 Å². The summed E-state index contributed by atoms with van der Waals surface area (Å²) in [7, 11) is -0.933. The minimum absolute atomic E-state index is 0.933. The van der Waals surface area contributed by atoms with Gasteiger partial charge >= 0.3 is 0 Å². The highest BCUT2D eigenvalue weighted by Crippen LogP contribution is 2.18. The monoisotopic (exact) mass is 225 g/mol. The summed E-state index contributed by atoms with van der Waals surface area (Å²) in [5.74, 6) is 0. The van der Waals surface area contributed by atoms with Crippen LogP contribution in [0.4, 0.5) is 0 Å². The van der Waals surface area contributed by atoms with Crippen molar-refractivity contribution in [3.63, 3.8) is 0 Å². The van der Waals surface area contributed by atoms with Crippen LogP contribution < -0.4 is 0 Å². The van der Waals surface area contributed by atoms with Crippen molar-refractivity contribution in [3.05, 3.63) is 12.7 Å². The SMILES string of the molecule is C=CC[Si](C)(C)CCCN1CCCCC1. The molecule has 1 saturated heterocycles. The van der Waals surface area contributed by atoms with Crippen LogP contribution in [-0.2, 0) is 0 Å². The third-order valence-corrected chi connectivity index (χ3v) is 6.57. The van der Waals surface area contributed by atoms with Gasteiger partial charge in [-0.1, -0.05) is 31.6 Å². The summed E-state index contributed by atoms with van der Waals surface area (Å²) in [6.07, 6.45) is 7.83. The maximum absolute atomic E-state index is 3.87. The third-order valence-electron chi connectivity index (χ3n) is 3.47. The summed E-state index contributed by atoms with van der Waals surface area (Å²) in [6, 6.07) is 2.75. The molecular formula is C13H27NSi. The second-order valence-corrected chi connectivity index (χ2v) is 10.9. The van der Waals surface area contributed by atoms with Crippen molar-refractivity contribution in [1.82, 2.24) is 4.90 Å². The molecule has 0 bridgehead atoms. The highest BCUT2D eigenvalue weighted by molar-refractivity contribution is 6.77. The standard InChI is InChI=1S/C13H27NSi/c1-4-12-15(2,3)13-8-11-14-9-6-5-7-10-14/h4H,1,5-13H2,2-3H3. The van der Waals surface area contributed by atoms with Crippen LogP contribution in [0.25, 0.3) is 0 Å². The lowest BCUT2D eigenvalue weighted by molar-refractivity contribution is 0.229. The van der Waals surface area contributed by atoms with Crippen LogP contribution in [0.2, 0.25) is 25.2 Å². The molecule has 15 heavy (non-hydrogen) atoms. The molecule has 0 aliphatic carbocycles. The third kappa shape index (κ3) is 5.52. The Hall–Kier alpha value is -0.0831. The fourth-order valence-electron chi connectivity index (χ4n) is 2.46. The first-order chi connectivity index (χ1) is 7.14. The van der Waals surface area contributed by atoms with E-state index in [2.05, 4.69) is 30.6 Å². The van der Waals surface area contributed by atoms with Gasteiger partial charge in [0.15, 0.2) is 0 Å². The molecule has 2 heteroatoms. The second-order valence-electron chi connectivity index (χ2n) is 5.66. The minimum Gasteiger partial charge on any atom is -0.303 e. The zero-order valence-electron chi connectivity index (χ0n) is 10.6. The minimum atomic E-state index is -0.933. The molecule has 88 valence electrons. The number of hydrogen-bond donors (Lipinski definition) is 0. The van der Waals surface area contributed by atoms with Crippen LogP contribution in [0.3, 0.4) is 0 Å². The first kappa shape index (κ1) is 13.0. The summed E-state index contributed by atoms with van der Waals surface area (Å²) in [4.78, 5) is 2.65. The molecule has 0 saturated carbocycles. The smallest absolute Gasteiger partial charge is 0.0511 e. The molecule has 0 amide bonds. The van der Waals surface area contributed by atoms with Crippen molar-refractivity contribution in [3.8, 4) is 0 Å². The van der Waals surface area contributed by atoms with Crippen LogP contribution in [0.5, 0.6) is 0 Å². The number of allylic oxidation sites excluding steroid dienone is 1. The van der Waals surface area contributed by atoms with Crippen molar-refractivity contribution in [1.29, 1.82) is 0 Å². The molecule has 0 radical (unpaired) electrons. The fourth-order valence-corrected chi connectivity index (χ4v) is 4.56. The highest BCUT2D eigenvalue weighted by atomic mass is 28.3. The lowest BCUT2D eigenvalue weighted by Gasteiger charge is -2.28. The molecular weight excluding hydrogens is 198 g/mol. The highest BCUT2D eigenvalue weighted by Gasteiger charge is 2.18. The molecule has 1 fully saturated rings. The Kier molecular flexibility index (Phi) is 5.62. The number of hydrogen-bond acceptors (Lipinski definition) is 1. The Morgan fingerprint density at radius 2 is 1.87 bits per heavy atom. The fraction of sp³-hybridized carbons (Fsp3) is 0.846. The first-order valence-corrected chi connectivity index (χ1v) is 9.89. The number of piperidine rings is 1. The van der Waals surface area contributed by atoms with E-state index < -0.39 is 8.07 Å². The van der Waals surface area contributed by atoms with Crippen molar-refractivity contribution < 1.29 is 0 Å². The van der Waals surface area contributed by atoms with Gasteiger partial charge in [-0.25, -0.2) is 0 Å². The average Bonchev–Trinajstić information content (AvgIpc) is 2.19. The van der Waals surface area contributed by atoms with E-state index in [9.17, 15) is 0 Å². The largest absolute Gasteiger partial charge is 0.303 e. The topological polar surface area (TPSA) is 3.24 Å². The zero-order chi connectivity index (χ0) is 11.1. The van der Waals surface area contributed by atoms with E-state index in [0.29, 0.717) is 0 Å². The Bertz CT molecular complexity index is 183. The summed E-state index contributed by atoms with van der Waals surface area (Å²) >= 11 is 0. The molecule has 1 heterocycles. The second kappa shape index (κ2) is 6.49. The van der Waals surface area contributed by atoms with Gasteiger partial charge in [-0.2, -0.15) is 0 Å². The van der Waals surface area contributed by atoms with E-state index in [1.165, 1.54) is 57.4 Å². The van der Waals surface area contributed by atoms with Gasteiger partial charge in [0.25, 0.3) is 0 Å². The van der Waals surface area contributed by atoms with Gasteiger partial charge in [-0.05, 0) is 44.9 Å². The summed E-state index contributed by atoms with van der Waals surface area (Å²) in [6.45, 7) is 12.9. The van der Waals surface area contributed by atoms with Gasteiger partial charge in [-0.15, -0.1) is 6.58 Å². The number of nitrogens with zero attached hydrogens (tertiary/aromatic N) is 1. The Morgan fingerprint density at radius 1 is 1.20 bits per heavy atom. The van der Waals surface area contributed by atoms with Gasteiger partial charge < -0.3 is 4.90 Å². The molecule has 0 aromatic heterocycles. The van der Waals surface area contributed by atoms with Gasteiger partial charge in [-0.3, -0.25) is 0 Å². The summed E-state index contributed by atoms with van der Waals surface area (Å²) in [5.41, 5.74) is 0. The normalized spacial score (nSPS) is 19.1. The van der Waals surface area contributed by atoms with Gasteiger partial charge in [0.1, 0.15) is 0 Å². The van der Waals surface area contributed by atoms with Crippen molar-refractivity contribution >= 4 is 8.07 Å². The van der Waals surface area contributed by atoms with Gasteiger partial charge in [0, 0.05) is 0 Å². The molecule has 1 aliphatic heterocycles. The quantitative estimate of drug-likeness (QED) is 0.491. The predicted octanol–water partition coefficient (Wildman–Crippen LogP) is 3.76. The first-order valence-electron chi connectivity index (χ1n) is 6.47. The molecule has 0 aromatic rings. The maximum Gasteiger partial charge on any atom is 0.0511 e. The Balaban J connectivity index is 2.11. The molecule has 1 nitrogen and oxygen atoms in total.